The Hall–Kier alpha value is -1.24. The van der Waals surface area contributed by atoms with E-state index in [9.17, 15) is 4.79 Å². The van der Waals surface area contributed by atoms with Crippen LogP contribution in [-0.2, 0) is 0 Å². The van der Waals surface area contributed by atoms with Gasteiger partial charge >= 0.3 is 0 Å². The summed E-state index contributed by atoms with van der Waals surface area (Å²) in [6, 6.07) is 0. The average molecular weight is 232 g/mol. The van der Waals surface area contributed by atoms with E-state index in [1.165, 1.54) is 12.4 Å². The summed E-state index contributed by atoms with van der Waals surface area (Å²) in [6.45, 7) is -0.452. The number of nitrogens with zero attached hydrogens (tertiary/aromatic N) is 2. The predicted octanol–water partition coefficient (Wildman–Crippen LogP) is -0.787. The summed E-state index contributed by atoms with van der Waals surface area (Å²) < 4.78 is 0. The first kappa shape index (κ1) is 11.8. The Labute approximate surface area is 90.9 Å². The van der Waals surface area contributed by atoms with E-state index in [1.807, 2.05) is 0 Å². The van der Waals surface area contributed by atoms with Crippen LogP contribution in [0.15, 0.2) is 12.4 Å². The molecule has 0 spiro atoms. The topological polar surface area (TPSA) is 95.3 Å². The minimum Gasteiger partial charge on any atom is -0.394 e. The van der Waals surface area contributed by atoms with Gasteiger partial charge in [-0.2, -0.15) is 0 Å². The highest BCUT2D eigenvalue weighted by molar-refractivity contribution is 6.29. The van der Waals surface area contributed by atoms with E-state index in [2.05, 4.69) is 15.3 Å². The Morgan fingerprint density at radius 2 is 2.27 bits per heavy atom. The van der Waals surface area contributed by atoms with Gasteiger partial charge in [-0.1, -0.05) is 11.6 Å². The van der Waals surface area contributed by atoms with E-state index in [0.29, 0.717) is 0 Å². The summed E-state index contributed by atoms with van der Waals surface area (Å²) in [5.74, 6) is -0.480. The molecule has 0 bridgehead atoms. The van der Waals surface area contributed by atoms with Crippen molar-refractivity contribution in [3.63, 3.8) is 0 Å². The summed E-state index contributed by atoms with van der Waals surface area (Å²) in [5.41, 5.74) is 0.101. The van der Waals surface area contributed by atoms with Gasteiger partial charge in [-0.25, -0.2) is 9.97 Å². The molecule has 82 valence electrons. The molecule has 0 aliphatic carbocycles. The first-order chi connectivity index (χ1) is 7.13. The molecule has 15 heavy (non-hydrogen) atoms. The summed E-state index contributed by atoms with van der Waals surface area (Å²) >= 11 is 5.49. The molecule has 7 heteroatoms. The predicted molar refractivity (Wildman–Crippen MR) is 52.5 cm³/mol. The fourth-order valence-corrected chi connectivity index (χ4v) is 0.893. The van der Waals surface area contributed by atoms with Crippen molar-refractivity contribution >= 4 is 17.5 Å². The number of aliphatic hydroxyl groups excluding tert-OH is 2. The number of halogens is 1. The van der Waals surface area contributed by atoms with Crippen LogP contribution in [0.5, 0.6) is 0 Å². The van der Waals surface area contributed by atoms with Gasteiger partial charge in [-0.15, -0.1) is 0 Å². The Bertz CT molecular complexity index is 330. The third-order valence-electron chi connectivity index (χ3n) is 1.56. The zero-order chi connectivity index (χ0) is 11.3. The molecule has 1 atom stereocenters. The number of aromatic nitrogens is 2. The molecule has 0 fully saturated rings. The summed E-state index contributed by atoms with van der Waals surface area (Å²) in [5, 5.41) is 20.1. The largest absolute Gasteiger partial charge is 0.394 e. The molecule has 0 aliphatic rings. The van der Waals surface area contributed by atoms with Crippen molar-refractivity contribution in [3.05, 3.63) is 23.2 Å². The maximum atomic E-state index is 11.3. The molecular weight excluding hydrogens is 222 g/mol. The van der Waals surface area contributed by atoms with Gasteiger partial charge in [0.05, 0.1) is 25.1 Å². The minimum absolute atomic E-state index is 0.0420. The number of nitrogens with one attached hydrogen (secondary N) is 1. The fraction of sp³-hybridized carbons (Fsp3) is 0.375. The van der Waals surface area contributed by atoms with Crippen molar-refractivity contribution in [3.8, 4) is 0 Å². The van der Waals surface area contributed by atoms with Crippen LogP contribution in [0.25, 0.3) is 0 Å². The third kappa shape index (κ3) is 3.78. The van der Waals surface area contributed by atoms with E-state index in [1.54, 1.807) is 0 Å². The lowest BCUT2D eigenvalue weighted by Gasteiger charge is -2.07. The molecule has 1 heterocycles. The lowest BCUT2D eigenvalue weighted by atomic mass is 10.3. The molecule has 1 aromatic rings. The normalized spacial score (nSPS) is 12.2. The van der Waals surface area contributed by atoms with Crippen LogP contribution in [0.1, 0.15) is 10.5 Å². The highest BCUT2D eigenvalue weighted by Crippen LogP contribution is 2.00. The Morgan fingerprint density at radius 3 is 2.80 bits per heavy atom. The van der Waals surface area contributed by atoms with Gasteiger partial charge in [0, 0.05) is 6.54 Å². The highest BCUT2D eigenvalue weighted by Gasteiger charge is 2.09. The van der Waals surface area contributed by atoms with Crippen molar-refractivity contribution in [2.24, 2.45) is 0 Å². The Balaban J connectivity index is 2.50. The third-order valence-corrected chi connectivity index (χ3v) is 1.76. The van der Waals surface area contributed by atoms with Crippen LogP contribution < -0.4 is 5.32 Å². The van der Waals surface area contributed by atoms with Crippen LogP contribution in [-0.4, -0.2) is 45.3 Å². The molecule has 1 amide bonds. The number of carbonyl (C=O) groups is 1. The van der Waals surface area contributed by atoms with Crippen LogP contribution in [0.4, 0.5) is 0 Å². The monoisotopic (exact) mass is 231 g/mol. The smallest absolute Gasteiger partial charge is 0.271 e. The number of hydrogen-bond donors (Lipinski definition) is 3. The van der Waals surface area contributed by atoms with Gasteiger partial charge in [-0.3, -0.25) is 4.79 Å². The van der Waals surface area contributed by atoms with Gasteiger partial charge in [0.15, 0.2) is 0 Å². The van der Waals surface area contributed by atoms with Crippen molar-refractivity contribution in [2.75, 3.05) is 13.2 Å². The van der Waals surface area contributed by atoms with Gasteiger partial charge in [0.25, 0.3) is 5.91 Å². The second-order valence-corrected chi connectivity index (χ2v) is 3.16. The minimum atomic E-state index is -0.978. The summed E-state index contributed by atoms with van der Waals surface area (Å²) in [4.78, 5) is 18.7. The number of amides is 1. The average Bonchev–Trinajstić information content (AvgIpc) is 2.26. The SMILES string of the molecule is O=C(NCC(O)CO)c1cnc(Cl)cn1. The number of carbonyl (C=O) groups excluding carboxylic acids is 1. The Kier molecular flexibility index (Phi) is 4.41. The van der Waals surface area contributed by atoms with Gasteiger partial charge < -0.3 is 15.5 Å². The molecular formula is C8H10ClN3O3. The first-order valence-corrected chi connectivity index (χ1v) is 4.56. The second kappa shape index (κ2) is 5.59. The van der Waals surface area contributed by atoms with Gasteiger partial charge in [0.1, 0.15) is 10.8 Å². The molecule has 0 aliphatic heterocycles. The van der Waals surface area contributed by atoms with E-state index in [0.717, 1.165) is 0 Å². The summed E-state index contributed by atoms with van der Waals surface area (Å²) in [7, 11) is 0. The number of rotatable bonds is 4. The molecule has 0 saturated carbocycles. The van der Waals surface area contributed by atoms with Crippen molar-refractivity contribution in [2.45, 2.75) is 6.10 Å². The molecule has 0 aromatic carbocycles. The standard InChI is InChI=1S/C8H10ClN3O3/c9-7-3-10-6(2-11-7)8(15)12-1-5(14)4-13/h2-3,5,13-14H,1,4H2,(H,12,15). The Morgan fingerprint density at radius 1 is 1.53 bits per heavy atom. The lowest BCUT2D eigenvalue weighted by Crippen LogP contribution is -2.34. The molecule has 6 nitrogen and oxygen atoms in total. The number of aliphatic hydroxyl groups is 2. The van der Waals surface area contributed by atoms with E-state index in [4.69, 9.17) is 21.8 Å². The zero-order valence-electron chi connectivity index (χ0n) is 7.72. The van der Waals surface area contributed by atoms with Crippen molar-refractivity contribution < 1.29 is 15.0 Å². The molecule has 1 rings (SSSR count). The maximum Gasteiger partial charge on any atom is 0.271 e. The van der Waals surface area contributed by atoms with Crippen LogP contribution in [0.3, 0.4) is 0 Å². The van der Waals surface area contributed by atoms with Crippen LogP contribution >= 0.6 is 11.6 Å². The van der Waals surface area contributed by atoms with E-state index < -0.39 is 18.6 Å². The highest BCUT2D eigenvalue weighted by atomic mass is 35.5. The van der Waals surface area contributed by atoms with Crippen LogP contribution in [0.2, 0.25) is 5.15 Å². The summed E-state index contributed by atoms with van der Waals surface area (Å²) in [6.07, 6.45) is 1.50. The van der Waals surface area contributed by atoms with Crippen molar-refractivity contribution in [1.82, 2.24) is 15.3 Å². The fourth-order valence-electron chi connectivity index (χ4n) is 0.795. The van der Waals surface area contributed by atoms with Crippen molar-refractivity contribution in [1.29, 1.82) is 0 Å². The molecule has 1 unspecified atom stereocenters. The zero-order valence-corrected chi connectivity index (χ0v) is 8.48. The van der Waals surface area contributed by atoms with Crippen LogP contribution in [0, 0.1) is 0 Å². The van der Waals surface area contributed by atoms with E-state index >= 15 is 0 Å². The molecule has 1 aromatic heterocycles. The lowest BCUT2D eigenvalue weighted by molar-refractivity contribution is 0.0798. The first-order valence-electron chi connectivity index (χ1n) is 4.18. The molecule has 3 N–H and O–H groups in total. The van der Waals surface area contributed by atoms with Gasteiger partial charge in [-0.05, 0) is 0 Å². The maximum absolute atomic E-state index is 11.3. The molecule has 0 saturated heterocycles. The quantitative estimate of drug-likeness (QED) is 0.632. The van der Waals surface area contributed by atoms with Gasteiger partial charge in [0.2, 0.25) is 0 Å². The van der Waals surface area contributed by atoms with E-state index in [-0.39, 0.29) is 17.4 Å². The second-order valence-electron chi connectivity index (χ2n) is 2.77. The number of hydrogen-bond acceptors (Lipinski definition) is 5. The molecule has 0 radical (unpaired) electrons.